The van der Waals surface area contributed by atoms with Gasteiger partial charge in [-0.1, -0.05) is 30.3 Å². The van der Waals surface area contributed by atoms with E-state index in [1.807, 2.05) is 32.3 Å². The Balaban J connectivity index is 2.69. The molecule has 1 nitrogen and oxygen atoms in total. The minimum absolute atomic E-state index is 0.389. The summed E-state index contributed by atoms with van der Waals surface area (Å²) in [6.07, 6.45) is 0. The van der Waals surface area contributed by atoms with Gasteiger partial charge in [0, 0.05) is 5.56 Å². The lowest BCUT2D eigenvalue weighted by molar-refractivity contribution is -0.903. The van der Waals surface area contributed by atoms with Crippen molar-refractivity contribution in [2.75, 3.05) is 14.1 Å². The Bertz CT molecular complexity index is 257. The molecular weight excluding hydrogens is 205 g/mol. The zero-order valence-electron chi connectivity index (χ0n) is 7.87. The number of quaternary nitrogens is 1. The average Bonchev–Trinajstić information content (AvgIpc) is 2.05. The van der Waals surface area contributed by atoms with Crippen LogP contribution < -0.4 is 0 Å². The van der Waals surface area contributed by atoms with Crippen LogP contribution in [0.15, 0.2) is 30.3 Å². The van der Waals surface area contributed by atoms with Crippen LogP contribution in [0.1, 0.15) is 5.56 Å². The van der Waals surface area contributed by atoms with Gasteiger partial charge in [0.15, 0.2) is 0 Å². The molecule has 0 heterocycles. The van der Waals surface area contributed by atoms with Crippen LogP contribution in [0.25, 0.3) is 0 Å². The van der Waals surface area contributed by atoms with Gasteiger partial charge in [-0.3, -0.25) is 4.48 Å². The third-order valence-electron chi connectivity index (χ3n) is 1.96. The van der Waals surface area contributed by atoms with Gasteiger partial charge in [-0.25, -0.2) is 0 Å². The van der Waals surface area contributed by atoms with Gasteiger partial charge in [0.25, 0.3) is 0 Å². The van der Waals surface area contributed by atoms with E-state index in [4.69, 9.17) is 23.2 Å². The van der Waals surface area contributed by atoms with Crippen LogP contribution in [0, 0.1) is 0 Å². The lowest BCUT2D eigenvalue weighted by Crippen LogP contribution is -2.42. The second-order valence-electron chi connectivity index (χ2n) is 3.70. The molecule has 0 saturated heterocycles. The Morgan fingerprint density at radius 2 is 1.69 bits per heavy atom. The number of hydrogen-bond acceptors (Lipinski definition) is 0. The van der Waals surface area contributed by atoms with E-state index in [0.29, 0.717) is 4.48 Å². The van der Waals surface area contributed by atoms with E-state index in [-0.39, 0.29) is 4.96 Å². The molecule has 0 saturated carbocycles. The quantitative estimate of drug-likeness (QED) is 0.416. The Morgan fingerprint density at radius 3 is 2.15 bits per heavy atom. The van der Waals surface area contributed by atoms with Crippen LogP contribution in [-0.2, 0) is 6.54 Å². The normalized spacial score (nSPS) is 12.1. The summed E-state index contributed by atoms with van der Waals surface area (Å²) in [6, 6.07) is 10.2. The molecule has 0 N–H and O–H groups in total. The first kappa shape index (κ1) is 10.8. The number of benzene rings is 1. The van der Waals surface area contributed by atoms with Crippen molar-refractivity contribution in [2.45, 2.75) is 11.5 Å². The van der Waals surface area contributed by atoms with Crippen LogP contribution >= 0.6 is 23.2 Å². The molecule has 3 heteroatoms. The largest absolute Gasteiger partial charge is 0.297 e. The second kappa shape index (κ2) is 4.32. The van der Waals surface area contributed by atoms with Gasteiger partial charge in [0.2, 0.25) is 4.96 Å². The maximum atomic E-state index is 5.86. The number of alkyl halides is 2. The topological polar surface area (TPSA) is 0 Å². The van der Waals surface area contributed by atoms with E-state index in [0.717, 1.165) is 6.54 Å². The fourth-order valence-electron chi connectivity index (χ4n) is 1.12. The van der Waals surface area contributed by atoms with Gasteiger partial charge in [0.05, 0.1) is 14.1 Å². The minimum atomic E-state index is -0.389. The molecule has 0 aliphatic carbocycles. The molecule has 72 valence electrons. The molecule has 0 aromatic heterocycles. The van der Waals surface area contributed by atoms with Crippen molar-refractivity contribution in [3.05, 3.63) is 35.9 Å². The first-order chi connectivity index (χ1) is 6.02. The van der Waals surface area contributed by atoms with Crippen molar-refractivity contribution in [1.29, 1.82) is 0 Å². The monoisotopic (exact) mass is 218 g/mol. The van der Waals surface area contributed by atoms with E-state index < -0.39 is 0 Å². The van der Waals surface area contributed by atoms with Crippen molar-refractivity contribution in [1.82, 2.24) is 0 Å². The molecule has 13 heavy (non-hydrogen) atoms. The van der Waals surface area contributed by atoms with Crippen molar-refractivity contribution >= 4 is 23.2 Å². The predicted octanol–water partition coefficient (Wildman–Crippen LogP) is 3.02. The third-order valence-corrected chi connectivity index (χ3v) is 3.02. The fraction of sp³-hybridized carbons (Fsp3) is 0.400. The first-order valence-corrected chi connectivity index (χ1v) is 5.04. The van der Waals surface area contributed by atoms with Crippen LogP contribution in [-0.4, -0.2) is 23.5 Å². The van der Waals surface area contributed by atoms with Gasteiger partial charge in [-0.2, -0.15) is 0 Å². The summed E-state index contributed by atoms with van der Waals surface area (Å²) in [7, 11) is 4.02. The Morgan fingerprint density at radius 1 is 1.15 bits per heavy atom. The van der Waals surface area contributed by atoms with E-state index >= 15 is 0 Å². The average molecular weight is 219 g/mol. The molecule has 1 aromatic rings. The maximum absolute atomic E-state index is 5.86. The van der Waals surface area contributed by atoms with Crippen molar-refractivity contribution in [3.8, 4) is 0 Å². The van der Waals surface area contributed by atoms with Crippen molar-refractivity contribution in [3.63, 3.8) is 0 Å². The molecule has 0 unspecified atom stereocenters. The van der Waals surface area contributed by atoms with Gasteiger partial charge in [-0.05, 0) is 23.2 Å². The highest BCUT2D eigenvalue weighted by atomic mass is 35.5. The van der Waals surface area contributed by atoms with Gasteiger partial charge in [-0.15, -0.1) is 0 Å². The molecule has 0 fully saturated rings. The molecule has 0 spiro atoms. The van der Waals surface area contributed by atoms with Crippen LogP contribution in [0.4, 0.5) is 0 Å². The molecule has 1 rings (SSSR count). The number of rotatable bonds is 3. The summed E-state index contributed by atoms with van der Waals surface area (Å²) in [5.74, 6) is 0. The smallest absolute Gasteiger partial charge is 0.241 e. The number of hydrogen-bond donors (Lipinski definition) is 0. The molecule has 0 amide bonds. The third kappa shape index (κ3) is 3.18. The highest BCUT2D eigenvalue weighted by Gasteiger charge is 2.23. The lowest BCUT2D eigenvalue weighted by atomic mass is 10.2. The zero-order valence-corrected chi connectivity index (χ0v) is 9.39. The Labute approximate surface area is 89.5 Å². The summed E-state index contributed by atoms with van der Waals surface area (Å²) in [6.45, 7) is 0.846. The Hall–Kier alpha value is -0.240. The summed E-state index contributed by atoms with van der Waals surface area (Å²) >= 11 is 11.7. The summed E-state index contributed by atoms with van der Waals surface area (Å²) in [4.78, 5) is -0.389. The summed E-state index contributed by atoms with van der Waals surface area (Å²) < 4.78 is 0.577. The minimum Gasteiger partial charge on any atom is -0.297 e. The zero-order chi connectivity index (χ0) is 9.90. The second-order valence-corrected chi connectivity index (χ2v) is 4.75. The first-order valence-electron chi connectivity index (χ1n) is 4.17. The van der Waals surface area contributed by atoms with Crippen LogP contribution in [0.5, 0.6) is 0 Å². The summed E-state index contributed by atoms with van der Waals surface area (Å²) in [5.41, 5.74) is 1.25. The molecule has 0 aliphatic rings. The highest BCUT2D eigenvalue weighted by molar-refractivity contribution is 6.42. The van der Waals surface area contributed by atoms with Crippen molar-refractivity contribution < 1.29 is 4.48 Å². The van der Waals surface area contributed by atoms with Crippen LogP contribution in [0.2, 0.25) is 0 Å². The van der Waals surface area contributed by atoms with Gasteiger partial charge < -0.3 is 0 Å². The molecule has 0 bridgehead atoms. The van der Waals surface area contributed by atoms with E-state index in [9.17, 15) is 0 Å². The van der Waals surface area contributed by atoms with Crippen LogP contribution in [0.3, 0.4) is 0 Å². The molecular formula is C10H14Cl2N+. The van der Waals surface area contributed by atoms with Gasteiger partial charge in [0.1, 0.15) is 6.54 Å². The lowest BCUT2D eigenvalue weighted by Gasteiger charge is -2.30. The maximum Gasteiger partial charge on any atom is 0.241 e. The van der Waals surface area contributed by atoms with Gasteiger partial charge >= 0.3 is 0 Å². The SMILES string of the molecule is C[N+](C)(Cc1ccccc1)C(Cl)Cl. The molecule has 0 aliphatic heterocycles. The molecule has 1 aromatic carbocycles. The van der Waals surface area contributed by atoms with E-state index in [1.54, 1.807) is 0 Å². The number of nitrogens with zero attached hydrogens (tertiary/aromatic N) is 1. The van der Waals surface area contributed by atoms with E-state index in [1.165, 1.54) is 5.56 Å². The molecule has 0 atom stereocenters. The summed E-state index contributed by atoms with van der Waals surface area (Å²) in [5, 5.41) is 0. The highest BCUT2D eigenvalue weighted by Crippen LogP contribution is 2.19. The predicted molar refractivity (Wildman–Crippen MR) is 57.7 cm³/mol. The Kier molecular flexibility index (Phi) is 3.60. The fourth-order valence-corrected chi connectivity index (χ4v) is 1.26. The standard InChI is InChI=1S/C10H14Cl2N/c1-13(2,10(11)12)8-9-6-4-3-5-7-9/h3-7,10H,8H2,1-2H3/q+1. The number of halogens is 2. The molecule has 0 radical (unpaired) electrons. The van der Waals surface area contributed by atoms with Crippen molar-refractivity contribution in [2.24, 2.45) is 0 Å². The van der Waals surface area contributed by atoms with E-state index in [2.05, 4.69) is 12.1 Å².